The summed E-state index contributed by atoms with van der Waals surface area (Å²) in [6.45, 7) is 0. The van der Waals surface area contributed by atoms with Gasteiger partial charge in [0.05, 0.1) is 10.8 Å². The first-order valence-electron chi connectivity index (χ1n) is 5.49. The first-order chi connectivity index (χ1) is 6.62. The zero-order valence-corrected chi connectivity index (χ0v) is 8.83. The maximum absolute atomic E-state index is 11.4. The third-order valence-corrected chi connectivity index (χ3v) is 5.39. The Labute approximate surface area is 88.6 Å². The maximum atomic E-state index is 11.4. The minimum atomic E-state index is -0.642. The predicted octanol–water partition coefficient (Wildman–Crippen LogP) is 2.50. The minimum absolute atomic E-state index is 0.104. The van der Waals surface area contributed by atoms with Crippen molar-refractivity contribution >= 4 is 17.6 Å². The van der Waals surface area contributed by atoms with E-state index in [2.05, 4.69) is 0 Å². The number of hydrogen-bond donors (Lipinski definition) is 1. The molecular formula is C11H15ClO2. The molecule has 0 amide bonds. The van der Waals surface area contributed by atoms with Gasteiger partial charge in [-0.05, 0) is 49.9 Å². The zero-order chi connectivity index (χ0) is 9.92. The van der Waals surface area contributed by atoms with Crippen molar-refractivity contribution in [3.05, 3.63) is 0 Å². The van der Waals surface area contributed by atoms with E-state index in [4.69, 9.17) is 11.6 Å². The van der Waals surface area contributed by atoms with Gasteiger partial charge in [0.1, 0.15) is 0 Å². The summed E-state index contributed by atoms with van der Waals surface area (Å²) in [5.41, 5.74) is -0.559. The number of halogens is 1. The van der Waals surface area contributed by atoms with Gasteiger partial charge in [0, 0.05) is 0 Å². The largest absolute Gasteiger partial charge is 0.481 e. The molecule has 5 atom stereocenters. The number of alkyl halides is 1. The average Bonchev–Trinajstić information content (AvgIpc) is 2.12. The molecule has 3 unspecified atom stereocenters. The van der Waals surface area contributed by atoms with Crippen LogP contribution in [-0.2, 0) is 4.79 Å². The second-order valence-electron chi connectivity index (χ2n) is 5.47. The van der Waals surface area contributed by atoms with Crippen molar-refractivity contribution in [3.8, 4) is 0 Å². The van der Waals surface area contributed by atoms with Gasteiger partial charge in [-0.3, -0.25) is 4.79 Å². The molecule has 0 heterocycles. The number of aliphatic carboxylic acids is 1. The van der Waals surface area contributed by atoms with Crippen molar-refractivity contribution in [2.24, 2.45) is 23.2 Å². The summed E-state index contributed by atoms with van der Waals surface area (Å²) in [4.78, 5) is 11.4. The fraction of sp³-hybridized carbons (Fsp3) is 0.909. The Morgan fingerprint density at radius 3 is 2.29 bits per heavy atom. The van der Waals surface area contributed by atoms with Gasteiger partial charge in [0.25, 0.3) is 0 Å². The van der Waals surface area contributed by atoms with Crippen molar-refractivity contribution in [2.45, 2.75) is 37.5 Å². The van der Waals surface area contributed by atoms with E-state index in [9.17, 15) is 9.90 Å². The maximum Gasteiger partial charge on any atom is 0.311 e. The van der Waals surface area contributed by atoms with Gasteiger partial charge in [-0.1, -0.05) is 0 Å². The van der Waals surface area contributed by atoms with Crippen molar-refractivity contribution in [2.75, 3.05) is 0 Å². The van der Waals surface area contributed by atoms with E-state index in [1.807, 2.05) is 0 Å². The second kappa shape index (κ2) is 2.66. The molecule has 0 aromatic heterocycles. The number of carboxylic acid groups (broad SMARTS) is 1. The van der Waals surface area contributed by atoms with Crippen LogP contribution in [0.2, 0.25) is 0 Å². The van der Waals surface area contributed by atoms with Crippen molar-refractivity contribution < 1.29 is 9.90 Å². The Morgan fingerprint density at radius 1 is 1.21 bits per heavy atom. The Balaban J connectivity index is 2.01. The van der Waals surface area contributed by atoms with Crippen LogP contribution in [0.25, 0.3) is 0 Å². The molecule has 4 fully saturated rings. The summed E-state index contributed by atoms with van der Waals surface area (Å²) in [7, 11) is 0. The average molecular weight is 215 g/mol. The molecule has 3 heteroatoms. The fourth-order valence-electron chi connectivity index (χ4n) is 4.27. The van der Waals surface area contributed by atoms with Gasteiger partial charge in [0.15, 0.2) is 0 Å². The molecule has 14 heavy (non-hydrogen) atoms. The third-order valence-electron chi connectivity index (χ3n) is 4.61. The Kier molecular flexibility index (Phi) is 1.71. The first-order valence-corrected chi connectivity index (χ1v) is 5.93. The summed E-state index contributed by atoms with van der Waals surface area (Å²) < 4.78 is 0. The molecule has 1 N–H and O–H groups in total. The Morgan fingerprint density at radius 2 is 1.79 bits per heavy atom. The zero-order valence-electron chi connectivity index (χ0n) is 8.08. The molecule has 4 bridgehead atoms. The third kappa shape index (κ3) is 0.955. The van der Waals surface area contributed by atoms with Crippen LogP contribution in [0.5, 0.6) is 0 Å². The normalized spacial score (nSPS) is 54.9. The highest BCUT2D eigenvalue weighted by Crippen LogP contribution is 2.61. The number of hydrogen-bond acceptors (Lipinski definition) is 1. The lowest BCUT2D eigenvalue weighted by Gasteiger charge is -2.57. The predicted molar refractivity (Wildman–Crippen MR) is 53.3 cm³/mol. The summed E-state index contributed by atoms with van der Waals surface area (Å²) >= 11 is 6.34. The van der Waals surface area contributed by atoms with Crippen LogP contribution >= 0.6 is 11.6 Å². The van der Waals surface area contributed by atoms with E-state index in [0.717, 1.165) is 12.8 Å². The smallest absolute Gasteiger partial charge is 0.311 e. The lowest BCUT2D eigenvalue weighted by molar-refractivity contribution is -0.163. The summed E-state index contributed by atoms with van der Waals surface area (Å²) in [5.74, 6) is 1.15. The van der Waals surface area contributed by atoms with Gasteiger partial charge in [-0.2, -0.15) is 0 Å². The standard InChI is InChI=1S/C11H15ClO2/c12-9-8-2-6-1-7(3-8)5-11(9,4-6)10(13)14/h6-9H,1-5H2,(H,13,14)/t6-,7?,8?,9+,11?/m0/s1. The summed E-state index contributed by atoms with van der Waals surface area (Å²) in [6.07, 6.45) is 5.29. The SMILES string of the molecule is O=C(O)C12CC3CC(C[C@H](C3)C1)[C@H]2Cl. The molecule has 4 saturated carbocycles. The van der Waals surface area contributed by atoms with Crippen molar-refractivity contribution in [1.29, 1.82) is 0 Å². The second-order valence-corrected chi connectivity index (χ2v) is 5.94. The van der Waals surface area contributed by atoms with E-state index in [0.29, 0.717) is 17.8 Å². The molecule has 2 nitrogen and oxygen atoms in total. The molecule has 78 valence electrons. The highest BCUT2D eigenvalue weighted by atomic mass is 35.5. The molecule has 0 spiro atoms. The van der Waals surface area contributed by atoms with Crippen molar-refractivity contribution in [3.63, 3.8) is 0 Å². The van der Waals surface area contributed by atoms with Crippen LogP contribution in [0.4, 0.5) is 0 Å². The summed E-state index contributed by atoms with van der Waals surface area (Å²) in [5, 5.41) is 9.26. The lowest BCUT2D eigenvalue weighted by atomic mass is 9.49. The molecule has 0 aliphatic heterocycles. The van der Waals surface area contributed by atoms with Crippen LogP contribution in [0.1, 0.15) is 32.1 Å². The van der Waals surface area contributed by atoms with Gasteiger partial charge in [0.2, 0.25) is 0 Å². The minimum Gasteiger partial charge on any atom is -0.481 e. The quantitative estimate of drug-likeness (QED) is 0.681. The van der Waals surface area contributed by atoms with Gasteiger partial charge >= 0.3 is 5.97 Å². The van der Waals surface area contributed by atoms with Gasteiger partial charge < -0.3 is 5.11 Å². The Hall–Kier alpha value is -0.240. The van der Waals surface area contributed by atoms with Crippen LogP contribution in [0.3, 0.4) is 0 Å². The fourth-order valence-corrected chi connectivity index (χ4v) is 4.75. The highest BCUT2D eigenvalue weighted by Gasteiger charge is 2.60. The molecular weight excluding hydrogens is 200 g/mol. The van der Waals surface area contributed by atoms with Gasteiger partial charge in [-0.25, -0.2) is 0 Å². The lowest BCUT2D eigenvalue weighted by Crippen LogP contribution is -2.57. The van der Waals surface area contributed by atoms with E-state index in [1.165, 1.54) is 19.3 Å². The number of carboxylic acids is 1. The number of carbonyl (C=O) groups is 1. The topological polar surface area (TPSA) is 37.3 Å². The molecule has 4 rings (SSSR count). The van der Waals surface area contributed by atoms with Crippen LogP contribution in [-0.4, -0.2) is 16.5 Å². The molecule has 4 aliphatic rings. The summed E-state index contributed by atoms with van der Waals surface area (Å²) in [6, 6.07) is 0. The van der Waals surface area contributed by atoms with Crippen LogP contribution in [0, 0.1) is 23.2 Å². The number of rotatable bonds is 1. The molecule has 0 saturated heterocycles. The van der Waals surface area contributed by atoms with E-state index >= 15 is 0 Å². The van der Waals surface area contributed by atoms with Gasteiger partial charge in [-0.15, -0.1) is 11.6 Å². The molecule has 0 aromatic rings. The van der Waals surface area contributed by atoms with E-state index < -0.39 is 11.4 Å². The first kappa shape index (κ1) is 9.02. The van der Waals surface area contributed by atoms with E-state index in [-0.39, 0.29) is 5.38 Å². The molecule has 4 aliphatic carbocycles. The van der Waals surface area contributed by atoms with Crippen molar-refractivity contribution in [1.82, 2.24) is 0 Å². The van der Waals surface area contributed by atoms with Crippen LogP contribution < -0.4 is 0 Å². The molecule has 0 aromatic carbocycles. The van der Waals surface area contributed by atoms with E-state index in [1.54, 1.807) is 0 Å². The highest BCUT2D eigenvalue weighted by molar-refractivity contribution is 6.23. The monoisotopic (exact) mass is 214 g/mol. The Bertz CT molecular complexity index is 275. The van der Waals surface area contributed by atoms with Crippen LogP contribution in [0.15, 0.2) is 0 Å². The molecule has 0 radical (unpaired) electrons.